The number of fused-ring (bicyclic) bond motifs is 1. The van der Waals surface area contributed by atoms with E-state index in [2.05, 4.69) is 28.4 Å². The number of thioether (sulfide) groups is 1. The highest BCUT2D eigenvalue weighted by molar-refractivity contribution is 7.98. The summed E-state index contributed by atoms with van der Waals surface area (Å²) in [5.74, 6) is 0.896. The lowest BCUT2D eigenvalue weighted by Crippen LogP contribution is -2.05. The quantitative estimate of drug-likeness (QED) is 0.622. The predicted octanol–water partition coefficient (Wildman–Crippen LogP) is 3.77. The fourth-order valence-corrected chi connectivity index (χ4v) is 2.84. The summed E-state index contributed by atoms with van der Waals surface area (Å²) in [6.45, 7) is 0. The van der Waals surface area contributed by atoms with Gasteiger partial charge in [-0.1, -0.05) is 12.1 Å². The van der Waals surface area contributed by atoms with Crippen LogP contribution in [0.2, 0.25) is 0 Å². The van der Waals surface area contributed by atoms with E-state index in [1.807, 2.05) is 12.1 Å². The summed E-state index contributed by atoms with van der Waals surface area (Å²) in [6, 6.07) is 8.21. The molecule has 0 spiro atoms. The molecule has 0 bridgehead atoms. The molecule has 1 aromatic carbocycles. The van der Waals surface area contributed by atoms with Gasteiger partial charge in [-0.2, -0.15) is 0 Å². The van der Waals surface area contributed by atoms with Crippen molar-refractivity contribution in [1.29, 1.82) is 0 Å². The zero-order valence-electron chi connectivity index (χ0n) is 11.4. The van der Waals surface area contributed by atoms with E-state index in [1.165, 1.54) is 4.90 Å². The smallest absolute Gasteiger partial charge is 0.166 e. The molecule has 0 saturated carbocycles. The first-order valence-electron chi connectivity index (χ1n) is 6.81. The van der Waals surface area contributed by atoms with Gasteiger partial charge in [0, 0.05) is 23.1 Å². The van der Waals surface area contributed by atoms with Gasteiger partial charge in [0.25, 0.3) is 0 Å². The van der Waals surface area contributed by atoms with Crippen LogP contribution in [0.25, 0.3) is 11.4 Å². The van der Waals surface area contributed by atoms with Gasteiger partial charge in [-0.15, -0.1) is 11.8 Å². The van der Waals surface area contributed by atoms with Crippen LogP contribution in [-0.4, -0.2) is 22.0 Å². The number of carbonyl (C=O) groups is 1. The normalized spacial score (nSPS) is 14.8. The van der Waals surface area contributed by atoms with Crippen molar-refractivity contribution in [3.63, 3.8) is 0 Å². The summed E-state index contributed by atoms with van der Waals surface area (Å²) in [4.78, 5) is 22.2. The van der Waals surface area contributed by atoms with E-state index in [-0.39, 0.29) is 5.78 Å². The van der Waals surface area contributed by atoms with Gasteiger partial charge in [-0.25, -0.2) is 9.97 Å². The largest absolute Gasteiger partial charge is 0.294 e. The lowest BCUT2D eigenvalue weighted by molar-refractivity contribution is 0.0981. The minimum absolute atomic E-state index is 0.182. The third-order valence-electron chi connectivity index (χ3n) is 3.58. The summed E-state index contributed by atoms with van der Waals surface area (Å²) in [6.07, 6.45) is 7.23. The van der Waals surface area contributed by atoms with Crippen molar-refractivity contribution in [3.8, 4) is 11.4 Å². The van der Waals surface area contributed by atoms with Crippen molar-refractivity contribution in [2.45, 2.75) is 30.6 Å². The maximum atomic E-state index is 12.0. The van der Waals surface area contributed by atoms with E-state index < -0.39 is 0 Å². The molecule has 0 atom stereocenters. The molecule has 4 heteroatoms. The number of rotatable bonds is 2. The van der Waals surface area contributed by atoms with Crippen LogP contribution in [-0.2, 0) is 6.42 Å². The number of Topliss-reactive ketones (excluding diaryl/α,β-unsaturated/α-hetero) is 1. The lowest BCUT2D eigenvalue weighted by Gasteiger charge is -2.06. The number of carbonyl (C=O) groups excluding carboxylic acids is 1. The van der Waals surface area contributed by atoms with Crippen molar-refractivity contribution in [3.05, 3.63) is 41.7 Å². The topological polar surface area (TPSA) is 42.9 Å². The molecule has 102 valence electrons. The van der Waals surface area contributed by atoms with Crippen LogP contribution in [0.15, 0.2) is 35.4 Å². The standard InChI is InChI=1S/C16H16N2OS/c1-20-12-8-6-11(7-9-12)16-17-10-13-14(18-16)4-2-3-5-15(13)19/h6-10H,2-5H2,1H3. The van der Waals surface area contributed by atoms with E-state index in [4.69, 9.17) is 0 Å². The molecule has 3 nitrogen and oxygen atoms in total. The van der Waals surface area contributed by atoms with Crippen LogP contribution in [0.5, 0.6) is 0 Å². The van der Waals surface area contributed by atoms with Gasteiger partial charge in [0.15, 0.2) is 11.6 Å². The Hall–Kier alpha value is -1.68. The molecule has 0 amide bonds. The van der Waals surface area contributed by atoms with Crippen molar-refractivity contribution in [2.75, 3.05) is 6.26 Å². The Morgan fingerprint density at radius 1 is 1.10 bits per heavy atom. The number of hydrogen-bond donors (Lipinski definition) is 0. The van der Waals surface area contributed by atoms with Crippen LogP contribution in [0, 0.1) is 0 Å². The van der Waals surface area contributed by atoms with Crippen molar-refractivity contribution in [1.82, 2.24) is 9.97 Å². The molecule has 0 fully saturated rings. The van der Waals surface area contributed by atoms with Crippen molar-refractivity contribution >= 4 is 17.5 Å². The Kier molecular flexibility index (Phi) is 3.83. The maximum absolute atomic E-state index is 12.0. The van der Waals surface area contributed by atoms with Gasteiger partial charge in [-0.05, 0) is 37.7 Å². The summed E-state index contributed by atoms with van der Waals surface area (Å²) < 4.78 is 0. The molecule has 1 heterocycles. The Bertz CT molecular complexity index is 637. The molecule has 1 aromatic heterocycles. The van der Waals surface area contributed by atoms with Crippen LogP contribution < -0.4 is 0 Å². The maximum Gasteiger partial charge on any atom is 0.166 e. The number of aryl methyl sites for hydroxylation is 1. The second-order valence-corrected chi connectivity index (χ2v) is 5.79. The Balaban J connectivity index is 1.98. The highest BCUT2D eigenvalue weighted by atomic mass is 32.2. The van der Waals surface area contributed by atoms with Gasteiger partial charge in [-0.3, -0.25) is 4.79 Å². The second-order valence-electron chi connectivity index (χ2n) is 4.91. The van der Waals surface area contributed by atoms with Gasteiger partial charge in [0.05, 0.1) is 11.3 Å². The Morgan fingerprint density at radius 3 is 2.60 bits per heavy atom. The van der Waals surface area contributed by atoms with E-state index in [0.29, 0.717) is 17.8 Å². The summed E-state index contributed by atoms with van der Waals surface area (Å²) in [7, 11) is 0. The molecule has 0 aliphatic heterocycles. The first-order chi connectivity index (χ1) is 9.78. The number of nitrogens with zero attached hydrogens (tertiary/aromatic N) is 2. The molecule has 0 unspecified atom stereocenters. The minimum Gasteiger partial charge on any atom is -0.294 e. The summed E-state index contributed by atoms with van der Waals surface area (Å²) in [5, 5.41) is 0. The Labute approximate surface area is 122 Å². The SMILES string of the molecule is CSc1ccc(-c2ncc3c(n2)CCCCC3=O)cc1. The number of aromatic nitrogens is 2. The van der Waals surface area contributed by atoms with Crippen LogP contribution >= 0.6 is 11.8 Å². The van der Waals surface area contributed by atoms with Crippen LogP contribution in [0.3, 0.4) is 0 Å². The first-order valence-corrected chi connectivity index (χ1v) is 8.04. The third kappa shape index (κ3) is 2.61. The molecular formula is C16H16N2OS. The van der Waals surface area contributed by atoms with Crippen molar-refractivity contribution < 1.29 is 4.79 Å². The number of benzene rings is 1. The third-order valence-corrected chi connectivity index (χ3v) is 4.33. The van der Waals surface area contributed by atoms with Gasteiger partial charge >= 0.3 is 0 Å². The molecule has 0 saturated heterocycles. The molecule has 1 aliphatic carbocycles. The number of hydrogen-bond acceptors (Lipinski definition) is 4. The number of ketones is 1. The molecule has 1 aliphatic rings. The highest BCUT2D eigenvalue weighted by Crippen LogP contribution is 2.23. The highest BCUT2D eigenvalue weighted by Gasteiger charge is 2.18. The molecular weight excluding hydrogens is 268 g/mol. The summed E-state index contributed by atoms with van der Waals surface area (Å²) in [5.41, 5.74) is 2.63. The lowest BCUT2D eigenvalue weighted by atomic mass is 10.1. The van der Waals surface area contributed by atoms with E-state index >= 15 is 0 Å². The van der Waals surface area contributed by atoms with E-state index in [0.717, 1.165) is 30.5 Å². The second kappa shape index (κ2) is 5.75. The van der Waals surface area contributed by atoms with Crippen molar-refractivity contribution in [2.24, 2.45) is 0 Å². The summed E-state index contributed by atoms with van der Waals surface area (Å²) >= 11 is 1.71. The van der Waals surface area contributed by atoms with Gasteiger partial charge in [0.2, 0.25) is 0 Å². The van der Waals surface area contributed by atoms with Crippen LogP contribution in [0.4, 0.5) is 0 Å². The zero-order valence-corrected chi connectivity index (χ0v) is 12.2. The fourth-order valence-electron chi connectivity index (χ4n) is 2.43. The van der Waals surface area contributed by atoms with Crippen LogP contribution in [0.1, 0.15) is 35.3 Å². The Morgan fingerprint density at radius 2 is 1.85 bits per heavy atom. The van der Waals surface area contributed by atoms with Gasteiger partial charge < -0.3 is 0 Å². The van der Waals surface area contributed by atoms with E-state index in [1.54, 1.807) is 18.0 Å². The van der Waals surface area contributed by atoms with E-state index in [9.17, 15) is 4.79 Å². The molecule has 20 heavy (non-hydrogen) atoms. The monoisotopic (exact) mass is 284 g/mol. The zero-order chi connectivity index (χ0) is 13.9. The fraction of sp³-hybridized carbons (Fsp3) is 0.312. The molecule has 0 N–H and O–H groups in total. The predicted molar refractivity (Wildman–Crippen MR) is 81.1 cm³/mol. The molecule has 2 aromatic rings. The molecule has 0 radical (unpaired) electrons. The average Bonchev–Trinajstić information content (AvgIpc) is 2.69. The first kappa shape index (κ1) is 13.3. The minimum atomic E-state index is 0.182. The van der Waals surface area contributed by atoms with Gasteiger partial charge in [0.1, 0.15) is 0 Å². The molecule has 3 rings (SSSR count). The average molecular weight is 284 g/mol.